The van der Waals surface area contributed by atoms with E-state index in [0.717, 1.165) is 49.1 Å². The van der Waals surface area contributed by atoms with Gasteiger partial charge in [-0.2, -0.15) is 0 Å². The highest BCUT2D eigenvalue weighted by molar-refractivity contribution is 6.36. The molecule has 0 unspecified atom stereocenters. The van der Waals surface area contributed by atoms with Crippen molar-refractivity contribution in [3.8, 4) is 11.5 Å². The molecule has 0 aliphatic rings. The fourth-order valence-electron chi connectivity index (χ4n) is 4.35. The largest absolute Gasteiger partial charge is 0.434 e. The fraction of sp³-hybridized carbons (Fsp3) is 0.176. The topological polar surface area (TPSA) is 83.8 Å². The lowest BCUT2D eigenvalue weighted by Crippen LogP contribution is -2.47. The van der Waals surface area contributed by atoms with E-state index >= 15 is 0 Å². The number of nitrogens with zero attached hydrogens (tertiary/aromatic N) is 4. The first-order chi connectivity index (χ1) is 20.9. The smallest absolute Gasteiger partial charge is 0.409 e. The van der Waals surface area contributed by atoms with E-state index in [2.05, 4.69) is 9.98 Å². The third kappa shape index (κ3) is 8.03. The average Bonchev–Trinajstić information content (AvgIpc) is 2.97. The number of carbonyl (C=O) groups excluding carboxylic acids is 2. The molecule has 4 rings (SSSR count). The Morgan fingerprint density at radius 3 is 1.57 bits per heavy atom. The molecule has 4 aromatic rings. The second-order valence-corrected chi connectivity index (χ2v) is 11.0. The molecule has 0 saturated carbocycles. The van der Waals surface area contributed by atoms with Crippen LogP contribution < -0.4 is 9.47 Å². The Bertz CT molecular complexity index is 1710. The molecule has 226 valence electrons. The molecule has 44 heavy (non-hydrogen) atoms. The molecule has 0 atom stereocenters. The normalized spacial score (nSPS) is 11.2. The molecular weight excluding hydrogens is 599 g/mol. The van der Waals surface area contributed by atoms with Crippen LogP contribution in [-0.2, 0) is 0 Å². The minimum absolute atomic E-state index is 0.306. The number of rotatable bonds is 6. The Labute approximate surface area is 267 Å². The Morgan fingerprint density at radius 1 is 0.659 bits per heavy atom. The van der Waals surface area contributed by atoms with Gasteiger partial charge in [0, 0.05) is 37.1 Å². The van der Waals surface area contributed by atoms with Crippen molar-refractivity contribution >= 4 is 59.2 Å². The number of amides is 2. The van der Waals surface area contributed by atoms with Gasteiger partial charge < -0.3 is 9.47 Å². The van der Waals surface area contributed by atoms with Crippen molar-refractivity contribution in [2.45, 2.75) is 27.7 Å². The molecule has 0 fully saturated rings. The van der Waals surface area contributed by atoms with Gasteiger partial charge in [-0.05, 0) is 91.9 Å². The molecule has 2 amide bonds. The monoisotopic (exact) mass is 630 g/mol. The summed E-state index contributed by atoms with van der Waals surface area (Å²) in [6.45, 7) is 7.50. The number of hydrogen-bond acceptors (Lipinski definition) is 6. The summed E-state index contributed by atoms with van der Waals surface area (Å²) < 4.78 is 11.1. The van der Waals surface area contributed by atoms with Crippen molar-refractivity contribution in [1.29, 1.82) is 0 Å². The van der Waals surface area contributed by atoms with Crippen LogP contribution in [0.25, 0.3) is 0 Å². The Balaban J connectivity index is 1.40. The SMILES string of the molecule is Cc1cc(OC(=O)N(C)N(C)C(=O)Oc2cc(C)c(N=Cc3ccc(Cl)cc3Cl)c(C)c2)cc(C)c1N=Cc1ccccc1. The maximum atomic E-state index is 12.9. The highest BCUT2D eigenvalue weighted by atomic mass is 35.5. The van der Waals surface area contributed by atoms with Crippen LogP contribution in [-0.4, -0.2) is 48.7 Å². The van der Waals surface area contributed by atoms with E-state index in [0.29, 0.717) is 27.2 Å². The van der Waals surface area contributed by atoms with Gasteiger partial charge in [-0.15, -0.1) is 0 Å². The van der Waals surface area contributed by atoms with E-state index < -0.39 is 12.2 Å². The minimum atomic E-state index is -0.773. The number of halogens is 2. The summed E-state index contributed by atoms with van der Waals surface area (Å²) in [7, 11) is 2.83. The molecular formula is C34H32Cl2N4O4. The van der Waals surface area contributed by atoms with Crippen LogP contribution in [0.2, 0.25) is 10.0 Å². The molecule has 0 heterocycles. The zero-order valence-electron chi connectivity index (χ0n) is 25.3. The van der Waals surface area contributed by atoms with E-state index in [9.17, 15) is 9.59 Å². The predicted octanol–water partition coefficient (Wildman–Crippen LogP) is 9.20. The van der Waals surface area contributed by atoms with Crippen LogP contribution in [0.15, 0.2) is 82.8 Å². The van der Waals surface area contributed by atoms with Crippen molar-refractivity contribution in [1.82, 2.24) is 10.0 Å². The summed E-state index contributed by atoms with van der Waals surface area (Å²) >= 11 is 12.2. The van der Waals surface area contributed by atoms with E-state index in [4.69, 9.17) is 32.7 Å². The van der Waals surface area contributed by atoms with Crippen LogP contribution in [0.3, 0.4) is 0 Å². The Kier molecular flexibility index (Phi) is 10.4. The average molecular weight is 632 g/mol. The molecule has 8 nitrogen and oxygen atoms in total. The van der Waals surface area contributed by atoms with E-state index in [1.54, 1.807) is 54.9 Å². The highest BCUT2D eigenvalue weighted by Crippen LogP contribution is 2.31. The van der Waals surface area contributed by atoms with Crippen LogP contribution in [0.5, 0.6) is 11.5 Å². The first kappa shape index (κ1) is 32.3. The lowest BCUT2D eigenvalue weighted by atomic mass is 10.1. The molecule has 0 aliphatic heterocycles. The second-order valence-electron chi connectivity index (χ2n) is 10.2. The van der Waals surface area contributed by atoms with Crippen LogP contribution in [0.1, 0.15) is 33.4 Å². The number of aliphatic imine (C=N–C) groups is 2. The molecule has 10 heteroatoms. The number of hydrogen-bond donors (Lipinski definition) is 0. The number of ether oxygens (including phenoxy) is 2. The van der Waals surface area contributed by atoms with Gasteiger partial charge >= 0.3 is 12.2 Å². The summed E-state index contributed by atoms with van der Waals surface area (Å²) in [5.74, 6) is 0.638. The number of aryl methyl sites for hydroxylation is 4. The number of benzene rings is 4. The molecule has 0 bridgehead atoms. The van der Waals surface area contributed by atoms with E-state index in [1.807, 2.05) is 58.0 Å². The van der Waals surface area contributed by atoms with Crippen LogP contribution in [0.4, 0.5) is 21.0 Å². The van der Waals surface area contributed by atoms with Gasteiger partial charge in [0.15, 0.2) is 0 Å². The first-order valence-corrected chi connectivity index (χ1v) is 14.4. The van der Waals surface area contributed by atoms with Crippen LogP contribution >= 0.6 is 23.2 Å². The quantitative estimate of drug-likeness (QED) is 0.157. The summed E-state index contributed by atoms with van der Waals surface area (Å²) in [4.78, 5) is 35.0. The third-order valence-electron chi connectivity index (χ3n) is 6.76. The standard InChI is InChI=1S/C34H32Cl2N4O4/c1-21-14-28(15-22(2)31(21)37-19-25-10-8-7-9-11-25)43-33(41)39(5)40(6)34(42)44-29-16-23(3)32(24(4)17-29)38-20-26-12-13-27(35)18-30(26)36/h7-20H,1-6H3. The van der Waals surface area contributed by atoms with E-state index in [1.165, 1.54) is 14.1 Å². The van der Waals surface area contributed by atoms with Gasteiger partial charge in [0.05, 0.1) is 16.4 Å². The molecule has 4 aromatic carbocycles. The van der Waals surface area contributed by atoms with Gasteiger partial charge in [-0.1, -0.05) is 59.6 Å². The first-order valence-electron chi connectivity index (χ1n) is 13.6. The molecule has 0 saturated heterocycles. The summed E-state index contributed by atoms with van der Waals surface area (Å²) in [5.41, 5.74) is 6.45. The molecule has 0 aromatic heterocycles. The molecule has 0 spiro atoms. The predicted molar refractivity (Wildman–Crippen MR) is 177 cm³/mol. The summed E-state index contributed by atoms with van der Waals surface area (Å²) in [6.07, 6.45) is 1.91. The Hall–Kier alpha value is -4.66. The van der Waals surface area contributed by atoms with E-state index in [-0.39, 0.29) is 0 Å². The second kappa shape index (κ2) is 14.2. The maximum Gasteiger partial charge on any atom is 0.434 e. The zero-order chi connectivity index (χ0) is 32.0. The lowest BCUT2D eigenvalue weighted by Gasteiger charge is -2.26. The van der Waals surface area contributed by atoms with Crippen LogP contribution in [0, 0.1) is 27.7 Å². The van der Waals surface area contributed by atoms with Crippen molar-refractivity contribution in [3.63, 3.8) is 0 Å². The third-order valence-corrected chi connectivity index (χ3v) is 7.32. The summed E-state index contributed by atoms with van der Waals surface area (Å²) in [6, 6.07) is 21.8. The zero-order valence-corrected chi connectivity index (χ0v) is 26.8. The van der Waals surface area contributed by atoms with Gasteiger partial charge in [-0.25, -0.2) is 19.6 Å². The van der Waals surface area contributed by atoms with Crippen molar-refractivity contribution in [3.05, 3.63) is 116 Å². The van der Waals surface area contributed by atoms with Crippen molar-refractivity contribution < 1.29 is 19.1 Å². The highest BCUT2D eigenvalue weighted by Gasteiger charge is 2.23. The lowest BCUT2D eigenvalue weighted by molar-refractivity contribution is 0.0429. The van der Waals surface area contributed by atoms with Gasteiger partial charge in [0.2, 0.25) is 0 Å². The maximum absolute atomic E-state index is 12.9. The fourth-order valence-corrected chi connectivity index (χ4v) is 4.81. The number of hydrazine groups is 1. The minimum Gasteiger partial charge on any atom is -0.409 e. The molecule has 0 radical (unpaired) electrons. The van der Waals surface area contributed by atoms with Gasteiger partial charge in [-0.3, -0.25) is 9.98 Å². The Morgan fingerprint density at radius 2 is 1.11 bits per heavy atom. The summed E-state index contributed by atoms with van der Waals surface area (Å²) in [5, 5.41) is 3.09. The molecule has 0 aliphatic carbocycles. The molecule has 0 N–H and O–H groups in total. The van der Waals surface area contributed by atoms with Crippen molar-refractivity contribution in [2.75, 3.05) is 14.1 Å². The number of carbonyl (C=O) groups is 2. The van der Waals surface area contributed by atoms with Gasteiger partial charge in [0.25, 0.3) is 0 Å². The van der Waals surface area contributed by atoms with Gasteiger partial charge in [0.1, 0.15) is 11.5 Å². The van der Waals surface area contributed by atoms with Crippen molar-refractivity contribution in [2.24, 2.45) is 9.98 Å².